The van der Waals surface area contributed by atoms with Crippen LogP contribution in [0.5, 0.6) is 0 Å². The molecule has 0 spiro atoms. The number of H-pyrrole nitrogens is 1. The molecule has 66 valence electrons. The van der Waals surface area contributed by atoms with Gasteiger partial charge in [-0.2, -0.15) is 5.10 Å². The summed E-state index contributed by atoms with van der Waals surface area (Å²) in [5.41, 5.74) is 6.97. The number of pyridine rings is 1. The van der Waals surface area contributed by atoms with Crippen molar-refractivity contribution in [2.24, 2.45) is 0 Å². The van der Waals surface area contributed by atoms with E-state index < -0.39 is 0 Å². The predicted molar refractivity (Wildman–Crippen MR) is 52.8 cm³/mol. The first-order valence-electron chi connectivity index (χ1n) is 2.92. The van der Waals surface area contributed by atoms with Crippen molar-refractivity contribution in [1.29, 1.82) is 0 Å². The van der Waals surface area contributed by atoms with Crippen molar-refractivity contribution < 1.29 is 0 Å². The Bertz CT molecular complexity index is 359. The van der Waals surface area contributed by atoms with Gasteiger partial charge in [-0.3, -0.25) is 5.10 Å². The molecule has 0 amide bonds. The summed E-state index contributed by atoms with van der Waals surface area (Å²) in [5.74, 6) is 0. The van der Waals surface area contributed by atoms with E-state index in [4.69, 9.17) is 5.73 Å². The Balaban J connectivity index is 0.000000605. The van der Waals surface area contributed by atoms with Crippen LogP contribution in [0.3, 0.4) is 0 Å². The smallest absolute Gasteiger partial charge is 0.182 e. The standard InChI is InChI=1S/C6H6N4.2ClH/c7-5-1-2-8-6-4(5)3-9-10-6;;/h1-3H,(H3,7,8,9,10);2*1H. The number of aromatic nitrogens is 3. The van der Waals surface area contributed by atoms with Crippen LogP contribution in [0.15, 0.2) is 18.5 Å². The topological polar surface area (TPSA) is 67.6 Å². The highest BCUT2D eigenvalue weighted by atomic mass is 35.5. The van der Waals surface area contributed by atoms with Gasteiger partial charge in [-0.05, 0) is 6.07 Å². The Morgan fingerprint density at radius 1 is 1.33 bits per heavy atom. The largest absolute Gasteiger partial charge is 0.398 e. The van der Waals surface area contributed by atoms with Gasteiger partial charge in [0, 0.05) is 18.1 Å². The number of halogens is 2. The average Bonchev–Trinajstić information content (AvgIpc) is 2.36. The van der Waals surface area contributed by atoms with Crippen LogP contribution in [-0.4, -0.2) is 15.2 Å². The lowest BCUT2D eigenvalue weighted by Gasteiger charge is -1.89. The number of nitrogen functional groups attached to an aromatic ring is 1. The van der Waals surface area contributed by atoms with Gasteiger partial charge < -0.3 is 5.73 Å². The summed E-state index contributed by atoms with van der Waals surface area (Å²) in [6.07, 6.45) is 3.37. The molecule has 2 heterocycles. The van der Waals surface area contributed by atoms with E-state index in [1.54, 1.807) is 18.5 Å². The lowest BCUT2D eigenvalue weighted by molar-refractivity contribution is 1.10. The highest BCUT2D eigenvalue weighted by molar-refractivity contribution is 5.86. The Hall–Kier alpha value is -1.00. The van der Waals surface area contributed by atoms with Crippen molar-refractivity contribution in [3.05, 3.63) is 18.5 Å². The number of anilines is 1. The molecule has 0 bridgehead atoms. The number of aromatic amines is 1. The Morgan fingerprint density at radius 3 is 2.75 bits per heavy atom. The summed E-state index contributed by atoms with van der Waals surface area (Å²) in [4.78, 5) is 3.98. The van der Waals surface area contributed by atoms with Gasteiger partial charge in [0.25, 0.3) is 0 Å². The van der Waals surface area contributed by atoms with Gasteiger partial charge in [-0.25, -0.2) is 4.98 Å². The maximum Gasteiger partial charge on any atom is 0.182 e. The maximum atomic E-state index is 5.60. The van der Waals surface area contributed by atoms with Crippen LogP contribution >= 0.6 is 24.8 Å². The number of hydrogen-bond acceptors (Lipinski definition) is 3. The average molecular weight is 207 g/mol. The minimum atomic E-state index is 0. The van der Waals surface area contributed by atoms with Crippen LogP contribution in [0, 0.1) is 0 Å². The summed E-state index contributed by atoms with van der Waals surface area (Å²) in [7, 11) is 0. The Morgan fingerprint density at radius 2 is 2.08 bits per heavy atom. The van der Waals surface area contributed by atoms with Crippen molar-refractivity contribution in [2.75, 3.05) is 5.73 Å². The molecule has 0 aliphatic carbocycles. The summed E-state index contributed by atoms with van der Waals surface area (Å²) >= 11 is 0. The minimum Gasteiger partial charge on any atom is -0.398 e. The van der Waals surface area contributed by atoms with Crippen molar-refractivity contribution in [3.8, 4) is 0 Å². The maximum absolute atomic E-state index is 5.60. The number of nitrogens with one attached hydrogen (secondary N) is 1. The van der Waals surface area contributed by atoms with Gasteiger partial charge in [0.15, 0.2) is 5.65 Å². The van der Waals surface area contributed by atoms with Crippen LogP contribution < -0.4 is 5.73 Å². The minimum absolute atomic E-state index is 0. The molecule has 2 aromatic heterocycles. The summed E-state index contributed by atoms with van der Waals surface area (Å²) in [6.45, 7) is 0. The molecule has 2 rings (SSSR count). The Kier molecular flexibility index (Phi) is 3.79. The first kappa shape index (κ1) is 11.0. The number of nitrogens with zero attached hydrogens (tertiary/aromatic N) is 2. The fourth-order valence-corrected chi connectivity index (χ4v) is 0.872. The van der Waals surface area contributed by atoms with E-state index in [9.17, 15) is 0 Å². The molecule has 0 aromatic carbocycles. The number of nitrogens with two attached hydrogens (primary N) is 1. The molecule has 4 nitrogen and oxygen atoms in total. The molecule has 0 aliphatic rings. The number of hydrogen-bond donors (Lipinski definition) is 2. The van der Waals surface area contributed by atoms with Crippen molar-refractivity contribution in [3.63, 3.8) is 0 Å². The summed E-state index contributed by atoms with van der Waals surface area (Å²) < 4.78 is 0. The molecule has 0 saturated carbocycles. The zero-order valence-electron chi connectivity index (χ0n) is 6.02. The van der Waals surface area contributed by atoms with Gasteiger partial charge in [0.05, 0.1) is 5.39 Å². The molecule has 0 aliphatic heterocycles. The zero-order chi connectivity index (χ0) is 6.97. The van der Waals surface area contributed by atoms with E-state index in [1.165, 1.54) is 0 Å². The van der Waals surface area contributed by atoms with Crippen LogP contribution in [0.4, 0.5) is 5.69 Å². The van der Waals surface area contributed by atoms with Gasteiger partial charge in [-0.1, -0.05) is 0 Å². The van der Waals surface area contributed by atoms with Crippen LogP contribution in [0.1, 0.15) is 0 Å². The third-order valence-electron chi connectivity index (χ3n) is 1.38. The van der Waals surface area contributed by atoms with E-state index in [1.807, 2.05) is 0 Å². The second-order valence-corrected chi connectivity index (χ2v) is 2.02. The van der Waals surface area contributed by atoms with Gasteiger partial charge in [0.1, 0.15) is 0 Å². The lowest BCUT2D eigenvalue weighted by Crippen LogP contribution is -1.85. The molecule has 3 N–H and O–H groups in total. The lowest BCUT2D eigenvalue weighted by atomic mass is 10.3. The highest BCUT2D eigenvalue weighted by Gasteiger charge is 1.97. The zero-order valence-corrected chi connectivity index (χ0v) is 7.65. The first-order chi connectivity index (χ1) is 4.88. The second-order valence-electron chi connectivity index (χ2n) is 2.02. The molecular weight excluding hydrogens is 199 g/mol. The molecule has 2 aromatic rings. The van der Waals surface area contributed by atoms with Crippen molar-refractivity contribution in [1.82, 2.24) is 15.2 Å². The van der Waals surface area contributed by atoms with Crippen LogP contribution in [0.25, 0.3) is 11.0 Å². The van der Waals surface area contributed by atoms with Crippen molar-refractivity contribution in [2.45, 2.75) is 0 Å². The third-order valence-corrected chi connectivity index (χ3v) is 1.38. The molecule has 6 heteroatoms. The van der Waals surface area contributed by atoms with E-state index in [0.29, 0.717) is 11.3 Å². The molecule has 0 atom stereocenters. The van der Waals surface area contributed by atoms with Crippen LogP contribution in [0.2, 0.25) is 0 Å². The second kappa shape index (κ2) is 4.13. The summed E-state index contributed by atoms with van der Waals surface area (Å²) in [5, 5.41) is 7.43. The molecule has 0 unspecified atom stereocenters. The number of fused-ring (bicyclic) bond motifs is 1. The molecule has 12 heavy (non-hydrogen) atoms. The normalized spacial score (nSPS) is 8.67. The molecule has 0 saturated heterocycles. The van der Waals surface area contributed by atoms with Gasteiger partial charge >= 0.3 is 0 Å². The fourth-order valence-electron chi connectivity index (χ4n) is 0.872. The predicted octanol–water partition coefficient (Wildman–Crippen LogP) is 1.38. The molecular formula is C6H8Cl2N4. The highest BCUT2D eigenvalue weighted by Crippen LogP contribution is 2.14. The summed E-state index contributed by atoms with van der Waals surface area (Å²) in [6, 6.07) is 1.75. The number of rotatable bonds is 0. The van der Waals surface area contributed by atoms with E-state index in [0.717, 1.165) is 5.39 Å². The Labute approximate surface area is 81.4 Å². The van der Waals surface area contributed by atoms with Crippen molar-refractivity contribution >= 4 is 41.5 Å². The van der Waals surface area contributed by atoms with E-state index in [2.05, 4.69) is 15.2 Å². The monoisotopic (exact) mass is 206 g/mol. The van der Waals surface area contributed by atoms with E-state index in [-0.39, 0.29) is 24.8 Å². The van der Waals surface area contributed by atoms with Crippen LogP contribution in [-0.2, 0) is 0 Å². The fraction of sp³-hybridized carbons (Fsp3) is 0. The molecule has 0 radical (unpaired) electrons. The van der Waals surface area contributed by atoms with E-state index >= 15 is 0 Å². The SMILES string of the molecule is Cl.Cl.Nc1ccnc2n[nH]cc12. The third kappa shape index (κ3) is 1.60. The first-order valence-corrected chi connectivity index (χ1v) is 2.92. The quantitative estimate of drug-likeness (QED) is 0.685. The van der Waals surface area contributed by atoms with Gasteiger partial charge in [0.2, 0.25) is 0 Å². The molecule has 0 fully saturated rings. The van der Waals surface area contributed by atoms with Gasteiger partial charge in [-0.15, -0.1) is 24.8 Å².